The Labute approximate surface area is 86.2 Å². The fourth-order valence-electron chi connectivity index (χ4n) is 1.26. The molecule has 0 aliphatic heterocycles. The van der Waals surface area contributed by atoms with Crippen LogP contribution in [-0.2, 0) is 6.61 Å². The summed E-state index contributed by atoms with van der Waals surface area (Å²) in [5, 5.41) is 36.0. The molecule has 0 aliphatic carbocycles. The van der Waals surface area contributed by atoms with Crippen LogP contribution in [0.3, 0.4) is 0 Å². The zero-order valence-electron chi connectivity index (χ0n) is 7.97. The first-order valence-corrected chi connectivity index (χ1v) is 4.47. The molecule has 15 heavy (non-hydrogen) atoms. The molecule has 1 aromatic carbocycles. The Hall–Kier alpha value is -1.01. The van der Waals surface area contributed by atoms with Crippen LogP contribution < -0.4 is 0 Å². The average Bonchev–Trinajstić information content (AvgIpc) is 2.27. The zero-order chi connectivity index (χ0) is 11.4. The van der Waals surface area contributed by atoms with Crippen molar-refractivity contribution in [3.63, 3.8) is 0 Å². The number of benzene rings is 1. The standard InChI is InChI=1S/C10H13FO4/c11-9-6(4-12)2-1-3-7(9)10(15)8(14)5-13/h1-3,8,10,12-15H,4-5H2. The molecule has 5 heteroatoms. The van der Waals surface area contributed by atoms with Gasteiger partial charge in [-0.2, -0.15) is 0 Å². The van der Waals surface area contributed by atoms with E-state index in [9.17, 15) is 9.50 Å². The summed E-state index contributed by atoms with van der Waals surface area (Å²) in [6.07, 6.45) is -2.94. The molecule has 84 valence electrons. The van der Waals surface area contributed by atoms with Gasteiger partial charge in [-0.05, 0) is 0 Å². The number of aliphatic hydroxyl groups is 4. The van der Waals surface area contributed by atoms with Crippen molar-refractivity contribution in [2.75, 3.05) is 6.61 Å². The summed E-state index contributed by atoms with van der Waals surface area (Å²) in [6, 6.07) is 4.12. The third-order valence-corrected chi connectivity index (χ3v) is 2.15. The highest BCUT2D eigenvalue weighted by Crippen LogP contribution is 2.22. The lowest BCUT2D eigenvalue weighted by molar-refractivity contribution is -0.0169. The maximum atomic E-state index is 13.5. The average molecular weight is 216 g/mol. The number of halogens is 1. The van der Waals surface area contributed by atoms with E-state index in [1.165, 1.54) is 18.2 Å². The van der Waals surface area contributed by atoms with Crippen molar-refractivity contribution < 1.29 is 24.8 Å². The SMILES string of the molecule is OCc1cccc(C(O)C(O)CO)c1F. The van der Waals surface area contributed by atoms with Crippen molar-refractivity contribution in [1.82, 2.24) is 0 Å². The largest absolute Gasteiger partial charge is 0.394 e. The first-order valence-electron chi connectivity index (χ1n) is 4.47. The Morgan fingerprint density at radius 3 is 2.40 bits per heavy atom. The van der Waals surface area contributed by atoms with Gasteiger partial charge < -0.3 is 20.4 Å². The highest BCUT2D eigenvalue weighted by molar-refractivity contribution is 5.27. The van der Waals surface area contributed by atoms with Gasteiger partial charge >= 0.3 is 0 Å². The van der Waals surface area contributed by atoms with Gasteiger partial charge in [-0.15, -0.1) is 0 Å². The van der Waals surface area contributed by atoms with Crippen molar-refractivity contribution in [2.45, 2.75) is 18.8 Å². The molecule has 0 aromatic heterocycles. The second-order valence-corrected chi connectivity index (χ2v) is 3.17. The summed E-state index contributed by atoms with van der Waals surface area (Å²) in [5.74, 6) is -0.764. The van der Waals surface area contributed by atoms with Crippen LogP contribution in [0.2, 0.25) is 0 Å². The van der Waals surface area contributed by atoms with Crippen LogP contribution in [-0.4, -0.2) is 33.1 Å². The Morgan fingerprint density at radius 1 is 1.20 bits per heavy atom. The van der Waals surface area contributed by atoms with Gasteiger partial charge in [-0.1, -0.05) is 18.2 Å². The van der Waals surface area contributed by atoms with Crippen LogP contribution in [0.1, 0.15) is 17.2 Å². The number of hydrogen-bond acceptors (Lipinski definition) is 4. The summed E-state index contributed by atoms with van der Waals surface area (Å²) in [5.41, 5.74) is -0.0974. The molecular weight excluding hydrogens is 203 g/mol. The molecule has 0 saturated heterocycles. The Balaban J connectivity index is 3.03. The van der Waals surface area contributed by atoms with Gasteiger partial charge in [0.2, 0.25) is 0 Å². The van der Waals surface area contributed by atoms with Gasteiger partial charge in [0.15, 0.2) is 0 Å². The molecule has 4 nitrogen and oxygen atoms in total. The summed E-state index contributed by atoms with van der Waals surface area (Å²) < 4.78 is 13.5. The third kappa shape index (κ3) is 2.51. The highest BCUT2D eigenvalue weighted by atomic mass is 19.1. The number of rotatable bonds is 4. The lowest BCUT2D eigenvalue weighted by atomic mass is 10.0. The predicted molar refractivity (Wildman–Crippen MR) is 50.4 cm³/mol. The fraction of sp³-hybridized carbons (Fsp3) is 0.400. The first kappa shape index (κ1) is 12.1. The minimum atomic E-state index is -1.50. The molecule has 0 amide bonds. The van der Waals surface area contributed by atoms with E-state index in [1.807, 2.05) is 0 Å². The van der Waals surface area contributed by atoms with Crippen molar-refractivity contribution in [3.8, 4) is 0 Å². The topological polar surface area (TPSA) is 80.9 Å². The molecule has 0 heterocycles. The van der Waals surface area contributed by atoms with E-state index in [0.717, 1.165) is 0 Å². The van der Waals surface area contributed by atoms with Crippen LogP contribution >= 0.6 is 0 Å². The van der Waals surface area contributed by atoms with Crippen molar-refractivity contribution in [3.05, 3.63) is 35.1 Å². The third-order valence-electron chi connectivity index (χ3n) is 2.15. The lowest BCUT2D eigenvalue weighted by Gasteiger charge is -2.17. The van der Waals surface area contributed by atoms with Gasteiger partial charge in [-0.25, -0.2) is 4.39 Å². The molecule has 0 radical (unpaired) electrons. The summed E-state index contributed by atoms with van der Waals surface area (Å²) in [4.78, 5) is 0. The Bertz CT molecular complexity index is 329. The van der Waals surface area contributed by atoms with E-state index in [4.69, 9.17) is 15.3 Å². The first-order chi connectivity index (χ1) is 7.11. The predicted octanol–water partition coefficient (Wildman–Crippen LogP) is -0.295. The monoisotopic (exact) mass is 216 g/mol. The van der Waals surface area contributed by atoms with Crippen molar-refractivity contribution >= 4 is 0 Å². The lowest BCUT2D eigenvalue weighted by Crippen LogP contribution is -2.23. The minimum absolute atomic E-state index is 0.0386. The highest BCUT2D eigenvalue weighted by Gasteiger charge is 2.21. The van der Waals surface area contributed by atoms with Gasteiger partial charge in [0, 0.05) is 11.1 Å². The van der Waals surface area contributed by atoms with Gasteiger partial charge in [0.05, 0.1) is 13.2 Å². The van der Waals surface area contributed by atoms with E-state index >= 15 is 0 Å². The van der Waals surface area contributed by atoms with E-state index in [-0.39, 0.29) is 11.1 Å². The molecule has 1 aromatic rings. The van der Waals surface area contributed by atoms with Crippen LogP contribution in [0.25, 0.3) is 0 Å². The summed E-state index contributed by atoms with van der Waals surface area (Å²) >= 11 is 0. The number of hydrogen-bond donors (Lipinski definition) is 4. The number of aliphatic hydroxyl groups excluding tert-OH is 4. The quantitative estimate of drug-likeness (QED) is 0.557. The molecule has 2 unspecified atom stereocenters. The molecule has 0 bridgehead atoms. The molecule has 2 atom stereocenters. The molecule has 1 rings (SSSR count). The molecule has 0 spiro atoms. The van der Waals surface area contributed by atoms with Gasteiger partial charge in [0.1, 0.15) is 18.0 Å². The summed E-state index contributed by atoms with van der Waals surface area (Å²) in [6.45, 7) is -1.15. The van der Waals surface area contributed by atoms with E-state index < -0.39 is 31.2 Å². The molecule has 0 aliphatic rings. The van der Waals surface area contributed by atoms with Crippen LogP contribution in [0, 0.1) is 5.82 Å². The molecular formula is C10H13FO4. The summed E-state index contributed by atoms with van der Waals surface area (Å²) in [7, 11) is 0. The minimum Gasteiger partial charge on any atom is -0.394 e. The Kier molecular flexibility index (Phi) is 4.16. The van der Waals surface area contributed by atoms with Gasteiger partial charge in [0.25, 0.3) is 0 Å². The smallest absolute Gasteiger partial charge is 0.134 e. The molecule has 0 saturated carbocycles. The second kappa shape index (κ2) is 5.18. The van der Waals surface area contributed by atoms with E-state index in [2.05, 4.69) is 0 Å². The normalized spacial score (nSPS) is 15.0. The maximum absolute atomic E-state index is 13.5. The zero-order valence-corrected chi connectivity index (χ0v) is 7.97. The molecule has 0 fully saturated rings. The van der Waals surface area contributed by atoms with Crippen molar-refractivity contribution in [1.29, 1.82) is 0 Å². The van der Waals surface area contributed by atoms with E-state index in [1.54, 1.807) is 0 Å². The molecule has 4 N–H and O–H groups in total. The Morgan fingerprint density at radius 2 is 1.87 bits per heavy atom. The van der Waals surface area contributed by atoms with E-state index in [0.29, 0.717) is 0 Å². The maximum Gasteiger partial charge on any atom is 0.134 e. The van der Waals surface area contributed by atoms with Crippen LogP contribution in [0.15, 0.2) is 18.2 Å². The van der Waals surface area contributed by atoms with Crippen LogP contribution in [0.5, 0.6) is 0 Å². The fourth-order valence-corrected chi connectivity index (χ4v) is 1.26. The van der Waals surface area contributed by atoms with Crippen LogP contribution in [0.4, 0.5) is 4.39 Å². The second-order valence-electron chi connectivity index (χ2n) is 3.17. The van der Waals surface area contributed by atoms with Gasteiger partial charge in [-0.3, -0.25) is 0 Å². The van der Waals surface area contributed by atoms with Crippen molar-refractivity contribution in [2.24, 2.45) is 0 Å².